The highest BCUT2D eigenvalue weighted by Gasteiger charge is 2.14. The molecule has 234 valence electrons. The van der Waals surface area contributed by atoms with Crippen molar-refractivity contribution < 1.29 is 0 Å². The number of hydrogen-bond acceptors (Lipinski definition) is 5. The summed E-state index contributed by atoms with van der Waals surface area (Å²) < 4.78 is 5.23. The number of thiophene rings is 2. The van der Waals surface area contributed by atoms with Gasteiger partial charge < -0.3 is 0 Å². The molecule has 3 nitrogen and oxygen atoms in total. The van der Waals surface area contributed by atoms with Crippen LogP contribution in [0.1, 0.15) is 0 Å². The minimum atomic E-state index is 0.649. The lowest BCUT2D eigenvalue weighted by Crippen LogP contribution is -2.00. The molecule has 0 fully saturated rings. The van der Waals surface area contributed by atoms with E-state index in [0.29, 0.717) is 17.5 Å². The zero-order chi connectivity index (χ0) is 33.0. The summed E-state index contributed by atoms with van der Waals surface area (Å²) in [6.07, 6.45) is 0. The molecule has 10 rings (SSSR count). The fourth-order valence-corrected chi connectivity index (χ4v) is 8.98. The highest BCUT2D eigenvalue weighted by molar-refractivity contribution is 7.26. The van der Waals surface area contributed by atoms with E-state index in [1.165, 1.54) is 51.5 Å². The lowest BCUT2D eigenvalue weighted by atomic mass is 10.0. The zero-order valence-corrected chi connectivity index (χ0v) is 28.4. The van der Waals surface area contributed by atoms with Gasteiger partial charge in [-0.2, -0.15) is 0 Å². The Balaban J connectivity index is 1.04. The molecular weight excluding hydrogens is 647 g/mol. The van der Waals surface area contributed by atoms with Crippen LogP contribution in [0, 0.1) is 0 Å². The fraction of sp³-hybridized carbons (Fsp3) is 0. The van der Waals surface area contributed by atoms with Crippen LogP contribution < -0.4 is 0 Å². The number of fused-ring (bicyclic) bond motifs is 6. The van der Waals surface area contributed by atoms with E-state index in [1.54, 1.807) is 0 Å². The molecule has 7 aromatic carbocycles. The monoisotopic (exact) mass is 673 g/mol. The molecule has 0 aliphatic heterocycles. The van der Waals surface area contributed by atoms with Crippen molar-refractivity contribution in [2.45, 2.75) is 0 Å². The Labute approximate surface area is 296 Å². The third-order valence-electron chi connectivity index (χ3n) is 9.35. The highest BCUT2D eigenvalue weighted by Crippen LogP contribution is 2.38. The Kier molecular flexibility index (Phi) is 6.86. The molecular formula is C45H27N3S2. The molecule has 0 bridgehead atoms. The average Bonchev–Trinajstić information content (AvgIpc) is 3.76. The van der Waals surface area contributed by atoms with E-state index in [1.807, 2.05) is 53.0 Å². The maximum absolute atomic E-state index is 5.07. The summed E-state index contributed by atoms with van der Waals surface area (Å²) in [4.78, 5) is 15.1. The van der Waals surface area contributed by atoms with Gasteiger partial charge in [-0.05, 0) is 64.7 Å². The minimum Gasteiger partial charge on any atom is -0.208 e. The lowest BCUT2D eigenvalue weighted by Gasteiger charge is -2.10. The standard InChI is InChI=1S/C45H27N3S2/c1-2-9-29(10-3-1)43-46-44(30-19-17-28(18-20-30)32-21-23-41-37(26-32)35-13-4-6-15-39(35)49-41)48-45(47-43)34-12-8-11-31(25-34)33-22-24-42-38(27-33)36-14-5-7-16-40(36)50-42/h1-27H. The quantitative estimate of drug-likeness (QED) is 0.182. The number of nitrogens with zero attached hydrogens (tertiary/aromatic N) is 3. The van der Waals surface area contributed by atoms with Gasteiger partial charge in [0.05, 0.1) is 0 Å². The summed E-state index contributed by atoms with van der Waals surface area (Å²) in [5, 5.41) is 5.19. The molecule has 50 heavy (non-hydrogen) atoms. The van der Waals surface area contributed by atoms with Crippen molar-refractivity contribution >= 4 is 63.0 Å². The van der Waals surface area contributed by atoms with Gasteiger partial charge in [-0.25, -0.2) is 15.0 Å². The third-order valence-corrected chi connectivity index (χ3v) is 11.7. The first-order valence-electron chi connectivity index (χ1n) is 16.6. The van der Waals surface area contributed by atoms with E-state index in [-0.39, 0.29) is 0 Å². The maximum Gasteiger partial charge on any atom is 0.164 e. The van der Waals surface area contributed by atoms with Gasteiger partial charge >= 0.3 is 0 Å². The Bertz CT molecular complexity index is 2870. The van der Waals surface area contributed by atoms with Gasteiger partial charge in [0.25, 0.3) is 0 Å². The molecule has 0 spiro atoms. The minimum absolute atomic E-state index is 0.649. The van der Waals surface area contributed by atoms with E-state index in [0.717, 1.165) is 27.8 Å². The molecule has 3 heterocycles. The maximum atomic E-state index is 5.07. The van der Waals surface area contributed by atoms with E-state index >= 15 is 0 Å². The van der Waals surface area contributed by atoms with Gasteiger partial charge in [-0.15, -0.1) is 22.7 Å². The van der Waals surface area contributed by atoms with Crippen LogP contribution in [0.25, 0.3) is 96.8 Å². The highest BCUT2D eigenvalue weighted by atomic mass is 32.1. The van der Waals surface area contributed by atoms with Crippen molar-refractivity contribution in [1.29, 1.82) is 0 Å². The van der Waals surface area contributed by atoms with Crippen LogP contribution in [0.2, 0.25) is 0 Å². The van der Waals surface area contributed by atoms with E-state index in [4.69, 9.17) is 15.0 Å². The average molecular weight is 674 g/mol. The first-order valence-corrected chi connectivity index (χ1v) is 18.2. The van der Waals surface area contributed by atoms with Crippen molar-refractivity contribution in [2.75, 3.05) is 0 Å². The second kappa shape index (κ2) is 11.8. The molecule has 0 unspecified atom stereocenters. The molecule has 5 heteroatoms. The Morgan fingerprint density at radius 3 is 1.28 bits per heavy atom. The topological polar surface area (TPSA) is 38.7 Å². The molecule has 0 aliphatic carbocycles. The number of rotatable bonds is 5. The van der Waals surface area contributed by atoms with Gasteiger partial charge in [0.1, 0.15) is 0 Å². The van der Waals surface area contributed by atoms with Crippen LogP contribution in [0.15, 0.2) is 164 Å². The predicted molar refractivity (Wildman–Crippen MR) is 213 cm³/mol. The van der Waals surface area contributed by atoms with Gasteiger partial charge in [0, 0.05) is 57.0 Å². The number of aromatic nitrogens is 3. The summed E-state index contributed by atoms with van der Waals surface area (Å²) in [5.41, 5.74) is 7.50. The fourth-order valence-electron chi connectivity index (χ4n) is 6.81. The largest absolute Gasteiger partial charge is 0.208 e. The first kappa shape index (κ1) is 29.0. The molecule has 0 saturated heterocycles. The van der Waals surface area contributed by atoms with Crippen molar-refractivity contribution in [1.82, 2.24) is 15.0 Å². The number of benzene rings is 7. The molecule has 10 aromatic rings. The molecule has 0 radical (unpaired) electrons. The zero-order valence-electron chi connectivity index (χ0n) is 26.7. The van der Waals surface area contributed by atoms with Crippen molar-refractivity contribution in [3.63, 3.8) is 0 Å². The van der Waals surface area contributed by atoms with Gasteiger partial charge in [-0.3, -0.25) is 0 Å². The van der Waals surface area contributed by atoms with Crippen LogP contribution in [0.3, 0.4) is 0 Å². The lowest BCUT2D eigenvalue weighted by molar-refractivity contribution is 1.07. The smallest absolute Gasteiger partial charge is 0.164 e. The van der Waals surface area contributed by atoms with Crippen LogP contribution in [-0.4, -0.2) is 15.0 Å². The Morgan fingerprint density at radius 1 is 0.260 bits per heavy atom. The van der Waals surface area contributed by atoms with E-state index < -0.39 is 0 Å². The third kappa shape index (κ3) is 5.07. The van der Waals surface area contributed by atoms with Crippen molar-refractivity contribution in [3.8, 4) is 56.4 Å². The Hall–Kier alpha value is -6.01. The SMILES string of the molecule is c1ccc(-c2nc(-c3ccc(-c4ccc5sc6ccccc6c5c4)cc3)nc(-c3cccc(-c4ccc5sc6ccccc6c5c4)c3)n2)cc1. The van der Waals surface area contributed by atoms with Crippen LogP contribution in [0.4, 0.5) is 0 Å². The molecule has 0 N–H and O–H groups in total. The van der Waals surface area contributed by atoms with E-state index in [9.17, 15) is 0 Å². The normalized spacial score (nSPS) is 11.6. The van der Waals surface area contributed by atoms with Gasteiger partial charge in [0.15, 0.2) is 17.5 Å². The predicted octanol–water partition coefficient (Wildman–Crippen LogP) is 12.9. The second-order valence-corrected chi connectivity index (χ2v) is 14.6. The molecule has 0 saturated carbocycles. The van der Waals surface area contributed by atoms with Crippen molar-refractivity contribution in [3.05, 3.63) is 164 Å². The van der Waals surface area contributed by atoms with Crippen LogP contribution in [0.5, 0.6) is 0 Å². The Morgan fingerprint density at radius 2 is 0.660 bits per heavy atom. The first-order chi connectivity index (χ1) is 24.7. The van der Waals surface area contributed by atoms with Gasteiger partial charge in [-0.1, -0.05) is 121 Å². The van der Waals surface area contributed by atoms with Crippen molar-refractivity contribution in [2.24, 2.45) is 0 Å². The van der Waals surface area contributed by atoms with Crippen LogP contribution >= 0.6 is 22.7 Å². The molecule has 0 atom stereocenters. The summed E-state index contributed by atoms with van der Waals surface area (Å²) in [6.45, 7) is 0. The molecule has 0 amide bonds. The number of hydrogen-bond donors (Lipinski definition) is 0. The summed E-state index contributed by atoms with van der Waals surface area (Å²) in [7, 11) is 0. The summed E-state index contributed by atoms with van der Waals surface area (Å²) >= 11 is 3.68. The van der Waals surface area contributed by atoms with Gasteiger partial charge in [0.2, 0.25) is 0 Å². The summed E-state index contributed by atoms with van der Waals surface area (Å²) in [5.74, 6) is 1.95. The van der Waals surface area contributed by atoms with E-state index in [2.05, 4.69) is 133 Å². The van der Waals surface area contributed by atoms with Crippen LogP contribution in [-0.2, 0) is 0 Å². The summed E-state index contributed by atoms with van der Waals surface area (Å²) in [6, 6.07) is 58.0. The second-order valence-electron chi connectivity index (χ2n) is 12.4. The molecule has 0 aliphatic rings. The molecule has 3 aromatic heterocycles.